The number of rotatable bonds is 5. The van der Waals surface area contributed by atoms with Gasteiger partial charge < -0.3 is 4.42 Å². The Morgan fingerprint density at radius 2 is 1.75 bits per heavy atom. The van der Waals surface area contributed by atoms with Gasteiger partial charge in [-0.1, -0.05) is 42.1 Å². The van der Waals surface area contributed by atoms with E-state index >= 15 is 0 Å². The van der Waals surface area contributed by atoms with Gasteiger partial charge in [-0.25, -0.2) is 4.39 Å². The normalized spacial score (nSPS) is 15.6. The van der Waals surface area contributed by atoms with E-state index in [2.05, 4.69) is 0 Å². The maximum absolute atomic E-state index is 13.0. The average molecular weight is 411 g/mol. The summed E-state index contributed by atoms with van der Waals surface area (Å²) in [5.41, 5.74) is 0.685. The van der Waals surface area contributed by atoms with Crippen molar-refractivity contribution in [1.29, 1.82) is 0 Å². The molecule has 28 heavy (non-hydrogen) atoms. The lowest BCUT2D eigenvalue weighted by Crippen LogP contribution is -2.27. The van der Waals surface area contributed by atoms with Crippen LogP contribution >= 0.6 is 23.5 Å². The third-order valence-corrected chi connectivity index (χ3v) is 5.80. The molecule has 0 bridgehead atoms. The molecule has 0 unspecified atom stereocenters. The molecule has 2 heterocycles. The van der Waals surface area contributed by atoms with Gasteiger partial charge >= 0.3 is 0 Å². The molecule has 1 saturated heterocycles. The van der Waals surface area contributed by atoms with Crippen molar-refractivity contribution in [3.05, 3.63) is 88.8 Å². The third kappa shape index (κ3) is 4.21. The highest BCUT2D eigenvalue weighted by Gasteiger charge is 2.35. The van der Waals surface area contributed by atoms with Crippen molar-refractivity contribution in [2.75, 3.05) is 0 Å². The van der Waals surface area contributed by atoms with E-state index in [-0.39, 0.29) is 23.5 Å². The van der Waals surface area contributed by atoms with Crippen molar-refractivity contribution >= 4 is 40.7 Å². The van der Waals surface area contributed by atoms with Crippen molar-refractivity contribution < 1.29 is 18.4 Å². The molecule has 2 aromatic carbocycles. The van der Waals surface area contributed by atoms with Gasteiger partial charge in [0.1, 0.15) is 11.6 Å². The Labute approximate surface area is 169 Å². The zero-order valence-corrected chi connectivity index (χ0v) is 16.1. The first-order valence-electron chi connectivity index (χ1n) is 8.41. The highest BCUT2D eigenvalue weighted by Crippen LogP contribution is 2.35. The van der Waals surface area contributed by atoms with Crippen molar-refractivity contribution in [1.82, 2.24) is 4.90 Å². The summed E-state index contributed by atoms with van der Waals surface area (Å²) < 4.78 is 18.8. The first kappa shape index (κ1) is 18.6. The van der Waals surface area contributed by atoms with E-state index in [1.54, 1.807) is 24.3 Å². The van der Waals surface area contributed by atoms with Crippen molar-refractivity contribution in [2.24, 2.45) is 0 Å². The molecule has 4 rings (SSSR count). The number of benzene rings is 2. The summed E-state index contributed by atoms with van der Waals surface area (Å²) in [7, 11) is 0. The number of amides is 2. The minimum absolute atomic E-state index is 0.107. The van der Waals surface area contributed by atoms with Crippen LogP contribution in [0.2, 0.25) is 0 Å². The van der Waals surface area contributed by atoms with E-state index in [0.717, 1.165) is 21.6 Å². The van der Waals surface area contributed by atoms with Crippen LogP contribution in [0.5, 0.6) is 0 Å². The fourth-order valence-corrected chi connectivity index (χ4v) is 4.23. The van der Waals surface area contributed by atoms with Crippen LogP contribution in [0.3, 0.4) is 0 Å². The number of hydrogen-bond donors (Lipinski definition) is 0. The molecule has 0 atom stereocenters. The van der Waals surface area contributed by atoms with Crippen LogP contribution < -0.4 is 0 Å². The molecule has 1 fully saturated rings. The number of hydrogen-bond acceptors (Lipinski definition) is 5. The number of furan rings is 1. The highest BCUT2D eigenvalue weighted by atomic mass is 32.2. The molecular formula is C21H14FNO3S2. The Morgan fingerprint density at radius 1 is 1.00 bits per heavy atom. The Kier molecular flexibility index (Phi) is 5.36. The lowest BCUT2D eigenvalue weighted by molar-refractivity contribution is -0.123. The van der Waals surface area contributed by atoms with Crippen LogP contribution in [0, 0.1) is 5.82 Å². The van der Waals surface area contributed by atoms with Gasteiger partial charge in [-0.05, 0) is 53.7 Å². The van der Waals surface area contributed by atoms with Crippen LogP contribution in [0.15, 0.2) is 86.0 Å². The second kappa shape index (κ2) is 8.08. The van der Waals surface area contributed by atoms with Crippen molar-refractivity contribution in [2.45, 2.75) is 16.5 Å². The van der Waals surface area contributed by atoms with Crippen LogP contribution in [0.25, 0.3) is 6.08 Å². The van der Waals surface area contributed by atoms with Gasteiger partial charge in [-0.3, -0.25) is 14.5 Å². The molecule has 140 valence electrons. The molecule has 0 aliphatic carbocycles. The number of thioether (sulfide) groups is 1. The summed E-state index contributed by atoms with van der Waals surface area (Å²) in [5.74, 6) is -0.238. The van der Waals surface area contributed by atoms with E-state index in [1.807, 2.05) is 36.4 Å². The van der Waals surface area contributed by atoms with Gasteiger partial charge in [0.05, 0.1) is 11.4 Å². The standard InChI is InChI=1S/C21H14FNO3S2/c22-15-8-6-14(7-9-15)13-23-20(24)18(28-21(23)25)12-16-10-11-19(26-16)27-17-4-2-1-3-5-17/h1-12H,13H2/b18-12+. The molecule has 7 heteroatoms. The number of carbonyl (C=O) groups is 2. The molecule has 0 radical (unpaired) electrons. The Hall–Kier alpha value is -2.77. The van der Waals surface area contributed by atoms with E-state index in [4.69, 9.17) is 4.42 Å². The lowest BCUT2D eigenvalue weighted by Gasteiger charge is -2.12. The molecule has 1 aromatic heterocycles. The topological polar surface area (TPSA) is 50.5 Å². The molecule has 1 aliphatic rings. The Balaban J connectivity index is 1.47. The molecule has 2 amide bonds. The molecule has 0 spiro atoms. The summed E-state index contributed by atoms with van der Waals surface area (Å²) in [4.78, 5) is 27.3. The van der Waals surface area contributed by atoms with Crippen molar-refractivity contribution in [3.8, 4) is 0 Å². The summed E-state index contributed by atoms with van der Waals surface area (Å²) in [6.45, 7) is 0.107. The predicted octanol–water partition coefficient (Wildman–Crippen LogP) is 5.81. The maximum Gasteiger partial charge on any atom is 0.293 e. The number of carbonyl (C=O) groups excluding carboxylic acids is 2. The maximum atomic E-state index is 13.0. The highest BCUT2D eigenvalue weighted by molar-refractivity contribution is 8.18. The Morgan fingerprint density at radius 3 is 2.50 bits per heavy atom. The first-order valence-corrected chi connectivity index (χ1v) is 10.0. The molecule has 0 N–H and O–H groups in total. The molecular weight excluding hydrogens is 397 g/mol. The van der Waals surface area contributed by atoms with Crippen LogP contribution in [-0.4, -0.2) is 16.0 Å². The summed E-state index contributed by atoms with van der Waals surface area (Å²) in [6.07, 6.45) is 1.57. The monoisotopic (exact) mass is 411 g/mol. The largest absolute Gasteiger partial charge is 0.450 e. The van der Waals surface area contributed by atoms with E-state index in [9.17, 15) is 14.0 Å². The van der Waals surface area contributed by atoms with Crippen LogP contribution in [-0.2, 0) is 11.3 Å². The molecule has 0 saturated carbocycles. The fourth-order valence-electron chi connectivity index (χ4n) is 2.61. The minimum atomic E-state index is -0.381. The zero-order valence-electron chi connectivity index (χ0n) is 14.5. The molecule has 3 aromatic rings. The molecule has 1 aliphatic heterocycles. The summed E-state index contributed by atoms with van der Waals surface area (Å²) >= 11 is 2.35. The van der Waals surface area contributed by atoms with Gasteiger partial charge in [-0.2, -0.15) is 0 Å². The number of halogens is 1. The van der Waals surface area contributed by atoms with Crippen molar-refractivity contribution in [3.63, 3.8) is 0 Å². The second-order valence-electron chi connectivity index (χ2n) is 5.97. The van der Waals surface area contributed by atoms with Crippen LogP contribution in [0.4, 0.5) is 9.18 Å². The van der Waals surface area contributed by atoms with Gasteiger partial charge in [-0.15, -0.1) is 0 Å². The van der Waals surface area contributed by atoms with Gasteiger partial charge in [0.15, 0.2) is 5.09 Å². The summed E-state index contributed by atoms with van der Waals surface area (Å²) in [5, 5.41) is 0.342. The average Bonchev–Trinajstić information content (AvgIpc) is 3.24. The predicted molar refractivity (Wildman–Crippen MR) is 107 cm³/mol. The summed E-state index contributed by atoms with van der Waals surface area (Å²) in [6, 6.07) is 19.1. The molecule has 4 nitrogen and oxygen atoms in total. The first-order chi connectivity index (χ1) is 13.6. The SMILES string of the molecule is O=C1S/C(=C/c2ccc(Sc3ccccc3)o2)C(=O)N1Cc1ccc(F)cc1. The lowest BCUT2D eigenvalue weighted by atomic mass is 10.2. The van der Waals surface area contributed by atoms with E-state index in [0.29, 0.717) is 21.3 Å². The fraction of sp³-hybridized carbons (Fsp3) is 0.0476. The smallest absolute Gasteiger partial charge is 0.293 e. The van der Waals surface area contributed by atoms with Crippen LogP contribution in [0.1, 0.15) is 11.3 Å². The zero-order chi connectivity index (χ0) is 19.5. The van der Waals surface area contributed by atoms with Gasteiger partial charge in [0, 0.05) is 11.0 Å². The van der Waals surface area contributed by atoms with Gasteiger partial charge in [0.25, 0.3) is 11.1 Å². The number of nitrogens with zero attached hydrogens (tertiary/aromatic N) is 1. The number of imide groups is 1. The minimum Gasteiger partial charge on any atom is -0.450 e. The van der Waals surface area contributed by atoms with Gasteiger partial charge in [0.2, 0.25) is 0 Å². The second-order valence-corrected chi connectivity index (χ2v) is 8.04. The Bertz CT molecular complexity index is 1050. The van der Waals surface area contributed by atoms with E-state index < -0.39 is 0 Å². The third-order valence-electron chi connectivity index (χ3n) is 3.96. The van der Waals surface area contributed by atoms with E-state index in [1.165, 1.54) is 23.9 Å². The quantitative estimate of drug-likeness (QED) is 0.496.